The summed E-state index contributed by atoms with van der Waals surface area (Å²) in [6.45, 7) is 5.06. The van der Waals surface area contributed by atoms with Crippen molar-refractivity contribution in [3.8, 4) is 0 Å². The van der Waals surface area contributed by atoms with Crippen molar-refractivity contribution in [1.29, 1.82) is 0 Å². The molecule has 3 saturated heterocycles. The van der Waals surface area contributed by atoms with E-state index in [-0.39, 0.29) is 23.4 Å². The van der Waals surface area contributed by atoms with Crippen molar-refractivity contribution >= 4 is 5.91 Å². The lowest BCUT2D eigenvalue weighted by atomic mass is 9.73. The molecule has 1 amide bonds. The van der Waals surface area contributed by atoms with E-state index in [1.165, 1.54) is 6.26 Å². The number of rotatable bonds is 5. The highest BCUT2D eigenvalue weighted by Gasteiger charge is 2.62. The van der Waals surface area contributed by atoms with Crippen LogP contribution >= 0.6 is 0 Å². The van der Waals surface area contributed by atoms with Crippen LogP contribution in [0.25, 0.3) is 0 Å². The first-order chi connectivity index (χ1) is 13.5. The van der Waals surface area contributed by atoms with Crippen LogP contribution in [0.2, 0.25) is 0 Å². The highest BCUT2D eigenvalue weighted by molar-refractivity contribution is 5.91. The number of hydrogen-bond donors (Lipinski definition) is 1. The van der Waals surface area contributed by atoms with Crippen LogP contribution in [-0.2, 0) is 11.3 Å². The maximum Gasteiger partial charge on any atom is 0.286 e. The minimum Gasteiger partial charge on any atom is -0.459 e. The summed E-state index contributed by atoms with van der Waals surface area (Å²) in [5, 5.41) is 3.02. The van der Waals surface area contributed by atoms with Crippen molar-refractivity contribution in [2.75, 3.05) is 19.6 Å². The lowest BCUT2D eigenvalue weighted by Gasteiger charge is -2.29. The molecular formula is C22H25FN2O3. The van der Waals surface area contributed by atoms with Gasteiger partial charge in [-0.1, -0.05) is 6.07 Å². The lowest BCUT2D eigenvalue weighted by molar-refractivity contribution is 0.00211. The third kappa shape index (κ3) is 3.05. The molecule has 2 aromatic rings. The number of halogens is 1. The molecule has 0 radical (unpaired) electrons. The number of carbonyl (C=O) groups excluding carboxylic acids is 1. The van der Waals surface area contributed by atoms with Crippen LogP contribution in [0.5, 0.6) is 0 Å². The van der Waals surface area contributed by atoms with Crippen molar-refractivity contribution in [1.82, 2.24) is 10.2 Å². The second-order valence-corrected chi connectivity index (χ2v) is 8.52. The molecule has 148 valence electrons. The Labute approximate surface area is 163 Å². The lowest BCUT2D eigenvalue weighted by Crippen LogP contribution is -2.41. The van der Waals surface area contributed by atoms with Crippen LogP contribution in [0.15, 0.2) is 41.0 Å². The van der Waals surface area contributed by atoms with Crippen molar-refractivity contribution in [3.63, 3.8) is 0 Å². The van der Waals surface area contributed by atoms with Crippen molar-refractivity contribution in [2.45, 2.75) is 38.0 Å². The third-order valence-electron chi connectivity index (χ3n) is 6.61. The molecule has 0 aliphatic carbocycles. The molecule has 1 aromatic heterocycles. The van der Waals surface area contributed by atoms with Gasteiger partial charge in [-0.25, -0.2) is 4.39 Å². The summed E-state index contributed by atoms with van der Waals surface area (Å²) in [5.74, 6) is 0.702. The average Bonchev–Trinajstić information content (AvgIpc) is 3.39. The Morgan fingerprint density at radius 1 is 1.39 bits per heavy atom. The fourth-order valence-corrected chi connectivity index (χ4v) is 5.55. The van der Waals surface area contributed by atoms with E-state index >= 15 is 0 Å². The van der Waals surface area contributed by atoms with Crippen LogP contribution < -0.4 is 5.32 Å². The zero-order valence-electron chi connectivity index (χ0n) is 16.0. The van der Waals surface area contributed by atoms with E-state index in [9.17, 15) is 9.18 Å². The average molecular weight is 384 g/mol. The van der Waals surface area contributed by atoms with Crippen LogP contribution in [-0.4, -0.2) is 42.1 Å². The molecule has 6 heteroatoms. The van der Waals surface area contributed by atoms with Crippen molar-refractivity contribution < 1.29 is 18.3 Å². The van der Waals surface area contributed by atoms with E-state index < -0.39 is 0 Å². The van der Waals surface area contributed by atoms with Gasteiger partial charge in [0.25, 0.3) is 5.91 Å². The first-order valence-corrected chi connectivity index (χ1v) is 10.0. The van der Waals surface area contributed by atoms with Crippen LogP contribution in [0.3, 0.4) is 0 Å². The molecule has 1 spiro atoms. The fourth-order valence-electron chi connectivity index (χ4n) is 5.55. The minimum atomic E-state index is -0.178. The van der Waals surface area contributed by atoms with E-state index in [1.807, 2.05) is 13.0 Å². The number of hydrogen-bond acceptors (Lipinski definition) is 4. The Balaban J connectivity index is 1.26. The van der Waals surface area contributed by atoms with Crippen molar-refractivity contribution in [2.24, 2.45) is 11.8 Å². The van der Waals surface area contributed by atoms with Gasteiger partial charge in [0.1, 0.15) is 5.82 Å². The molecular weight excluding hydrogens is 359 g/mol. The van der Waals surface area contributed by atoms with E-state index in [1.54, 1.807) is 24.3 Å². The number of nitrogens with one attached hydrogen (secondary N) is 1. The fraction of sp³-hybridized carbons (Fsp3) is 0.500. The number of nitrogens with zero attached hydrogens (tertiary/aromatic N) is 1. The van der Waals surface area contributed by atoms with E-state index in [2.05, 4.69) is 10.2 Å². The van der Waals surface area contributed by atoms with Gasteiger partial charge in [0.15, 0.2) is 5.76 Å². The summed E-state index contributed by atoms with van der Waals surface area (Å²) in [4.78, 5) is 14.6. The maximum absolute atomic E-state index is 13.7. The van der Waals surface area contributed by atoms with Gasteiger partial charge in [0, 0.05) is 38.0 Å². The standard InChI is InChI=1S/C22H25FN2O3/c1-14-7-15(9-16(23)8-14)11-25-12-18-17(19-4-5-22(18,13-25)28-19)10-24-21(26)20-3-2-6-27-20/h2-3,6-9,17-19H,4-5,10-13H2,1H3,(H,24,26)/t17-,18+,19+,22+/m0/s1. The zero-order chi connectivity index (χ0) is 19.3. The molecule has 2 bridgehead atoms. The highest BCUT2D eigenvalue weighted by atomic mass is 19.1. The van der Waals surface area contributed by atoms with Gasteiger partial charge in [0.2, 0.25) is 0 Å². The molecule has 1 N–H and O–H groups in total. The second-order valence-electron chi connectivity index (χ2n) is 8.52. The molecule has 28 heavy (non-hydrogen) atoms. The maximum atomic E-state index is 13.7. The van der Waals surface area contributed by atoms with Gasteiger partial charge >= 0.3 is 0 Å². The van der Waals surface area contributed by atoms with Gasteiger partial charge in [-0.3, -0.25) is 9.69 Å². The topological polar surface area (TPSA) is 54.7 Å². The summed E-state index contributed by atoms with van der Waals surface area (Å²) in [7, 11) is 0. The van der Waals surface area contributed by atoms with E-state index in [0.717, 1.165) is 43.6 Å². The van der Waals surface area contributed by atoms with Gasteiger partial charge in [-0.2, -0.15) is 0 Å². The molecule has 3 aliphatic heterocycles. The minimum absolute atomic E-state index is 0.104. The summed E-state index contributed by atoms with van der Waals surface area (Å²) in [6.07, 6.45) is 3.85. The number of carbonyl (C=O) groups is 1. The number of ether oxygens (including phenoxy) is 1. The van der Waals surface area contributed by atoms with Gasteiger partial charge in [0.05, 0.1) is 18.0 Å². The molecule has 3 aliphatic rings. The second kappa shape index (κ2) is 6.71. The number of furan rings is 1. The molecule has 1 aromatic carbocycles. The predicted molar refractivity (Wildman–Crippen MR) is 101 cm³/mol. The van der Waals surface area contributed by atoms with Crippen LogP contribution in [0.4, 0.5) is 4.39 Å². The molecule has 5 nitrogen and oxygen atoms in total. The quantitative estimate of drug-likeness (QED) is 0.861. The third-order valence-corrected chi connectivity index (χ3v) is 6.61. The predicted octanol–water partition coefficient (Wildman–Crippen LogP) is 3.14. The molecule has 3 fully saturated rings. The molecule has 4 atom stereocenters. The first kappa shape index (κ1) is 17.9. The summed E-state index contributed by atoms with van der Waals surface area (Å²) >= 11 is 0. The van der Waals surface area contributed by atoms with Gasteiger partial charge in [-0.15, -0.1) is 0 Å². The zero-order valence-corrected chi connectivity index (χ0v) is 16.0. The Bertz CT molecular complexity index is 864. The molecule has 4 heterocycles. The van der Waals surface area contributed by atoms with E-state index in [0.29, 0.717) is 24.1 Å². The Morgan fingerprint density at radius 2 is 2.29 bits per heavy atom. The molecule has 0 saturated carbocycles. The van der Waals surface area contributed by atoms with Crippen LogP contribution in [0.1, 0.15) is 34.5 Å². The number of likely N-dealkylation sites (tertiary alicyclic amines) is 1. The van der Waals surface area contributed by atoms with E-state index in [4.69, 9.17) is 9.15 Å². The number of fused-ring (bicyclic) bond motifs is 1. The summed E-state index contributed by atoms with van der Waals surface area (Å²) in [5.41, 5.74) is 1.85. The summed E-state index contributed by atoms with van der Waals surface area (Å²) in [6, 6.07) is 8.62. The first-order valence-electron chi connectivity index (χ1n) is 10.0. The number of aryl methyl sites for hydroxylation is 1. The Hall–Kier alpha value is -2.18. The Kier molecular flexibility index (Phi) is 4.29. The van der Waals surface area contributed by atoms with Crippen molar-refractivity contribution in [3.05, 3.63) is 59.3 Å². The summed E-state index contributed by atoms with van der Waals surface area (Å²) < 4.78 is 25.4. The SMILES string of the molecule is Cc1cc(F)cc(CN2C[C@@H]3[C@H](CNC(=O)c4ccco4)[C@H]4CC[C@]3(C2)O4)c1. The van der Waals surface area contributed by atoms with Gasteiger partial charge < -0.3 is 14.5 Å². The van der Waals surface area contributed by atoms with Crippen LogP contribution in [0, 0.1) is 24.6 Å². The normalized spacial score (nSPS) is 31.3. The van der Waals surface area contributed by atoms with Gasteiger partial charge in [-0.05, 0) is 55.2 Å². The Morgan fingerprint density at radius 3 is 3.07 bits per heavy atom. The number of amides is 1. The molecule has 0 unspecified atom stereocenters. The number of benzene rings is 1. The molecule has 5 rings (SSSR count). The largest absolute Gasteiger partial charge is 0.459 e. The highest BCUT2D eigenvalue weighted by Crippen LogP contribution is 2.54. The monoisotopic (exact) mass is 384 g/mol. The smallest absolute Gasteiger partial charge is 0.286 e.